The molecule has 0 bridgehead atoms. The molecule has 0 saturated heterocycles. The van der Waals surface area contributed by atoms with Gasteiger partial charge in [0.25, 0.3) is 5.91 Å². The van der Waals surface area contributed by atoms with Crippen LogP contribution in [0, 0.1) is 6.92 Å². The Bertz CT molecular complexity index is 696. The molecule has 0 fully saturated rings. The number of carboxylic acids is 1. The highest BCUT2D eigenvalue weighted by atomic mass is 16.4. The van der Waals surface area contributed by atoms with E-state index in [-0.39, 0.29) is 5.69 Å². The lowest BCUT2D eigenvalue weighted by Crippen LogP contribution is -2.40. The zero-order chi connectivity index (χ0) is 16.8. The molecule has 1 atom stereocenters. The first-order chi connectivity index (χ1) is 11.0. The highest BCUT2D eigenvalue weighted by Gasteiger charge is 2.21. The number of aromatic nitrogens is 3. The molecule has 2 aromatic rings. The largest absolute Gasteiger partial charge is 0.480 e. The van der Waals surface area contributed by atoms with E-state index in [0.29, 0.717) is 6.42 Å². The summed E-state index contributed by atoms with van der Waals surface area (Å²) in [7, 11) is 0. The quantitative estimate of drug-likeness (QED) is 0.813. The minimum Gasteiger partial charge on any atom is -0.480 e. The van der Waals surface area contributed by atoms with E-state index in [0.717, 1.165) is 24.1 Å². The highest BCUT2D eigenvalue weighted by Crippen LogP contribution is 2.09. The highest BCUT2D eigenvalue weighted by molar-refractivity contribution is 5.94. The Labute approximate surface area is 134 Å². The molecule has 0 aliphatic heterocycles. The van der Waals surface area contributed by atoms with E-state index in [1.807, 2.05) is 38.1 Å². The van der Waals surface area contributed by atoms with Gasteiger partial charge >= 0.3 is 5.97 Å². The zero-order valence-corrected chi connectivity index (χ0v) is 13.2. The molecule has 23 heavy (non-hydrogen) atoms. The summed E-state index contributed by atoms with van der Waals surface area (Å²) in [6.07, 6.45) is 3.48. The number of benzene rings is 1. The Morgan fingerprint density at radius 3 is 2.83 bits per heavy atom. The van der Waals surface area contributed by atoms with Gasteiger partial charge in [-0.25, -0.2) is 9.48 Å². The van der Waals surface area contributed by atoms with Crippen molar-refractivity contribution in [1.29, 1.82) is 0 Å². The fourth-order valence-corrected chi connectivity index (χ4v) is 2.16. The first-order valence-electron chi connectivity index (χ1n) is 7.54. The second-order valence-corrected chi connectivity index (χ2v) is 5.39. The molecular formula is C16H20N4O3. The van der Waals surface area contributed by atoms with Gasteiger partial charge in [-0.3, -0.25) is 4.79 Å². The van der Waals surface area contributed by atoms with Gasteiger partial charge in [-0.05, 0) is 31.0 Å². The Balaban J connectivity index is 2.10. The predicted molar refractivity (Wildman–Crippen MR) is 84.5 cm³/mol. The van der Waals surface area contributed by atoms with Crippen LogP contribution in [0.25, 0.3) is 5.69 Å². The second kappa shape index (κ2) is 7.53. The van der Waals surface area contributed by atoms with Gasteiger partial charge in [0.05, 0.1) is 11.9 Å². The number of hydrogen-bond acceptors (Lipinski definition) is 4. The van der Waals surface area contributed by atoms with Gasteiger partial charge in [0.1, 0.15) is 6.04 Å². The minimum absolute atomic E-state index is 0.0919. The average molecular weight is 316 g/mol. The van der Waals surface area contributed by atoms with Crippen molar-refractivity contribution in [2.75, 3.05) is 0 Å². The molecule has 0 spiro atoms. The topological polar surface area (TPSA) is 97.1 Å². The number of aliphatic carboxylic acids is 1. The Kier molecular flexibility index (Phi) is 5.46. The van der Waals surface area contributed by atoms with E-state index in [4.69, 9.17) is 5.11 Å². The lowest BCUT2D eigenvalue weighted by Gasteiger charge is -2.12. The van der Waals surface area contributed by atoms with Gasteiger partial charge in [-0.1, -0.05) is 37.1 Å². The van der Waals surface area contributed by atoms with Crippen LogP contribution in [-0.2, 0) is 4.79 Å². The van der Waals surface area contributed by atoms with Crippen molar-refractivity contribution in [2.45, 2.75) is 39.2 Å². The molecule has 1 unspecified atom stereocenters. The van der Waals surface area contributed by atoms with E-state index >= 15 is 0 Å². The van der Waals surface area contributed by atoms with Crippen LogP contribution in [0.15, 0.2) is 30.5 Å². The van der Waals surface area contributed by atoms with E-state index in [1.54, 1.807) is 0 Å². The number of nitrogens with one attached hydrogen (secondary N) is 1. The molecule has 0 aliphatic carbocycles. The van der Waals surface area contributed by atoms with E-state index in [2.05, 4.69) is 15.6 Å². The number of nitrogens with zero attached hydrogens (tertiary/aromatic N) is 3. The number of amides is 1. The average Bonchev–Trinajstić information content (AvgIpc) is 3.01. The fourth-order valence-electron chi connectivity index (χ4n) is 2.16. The molecule has 0 saturated carbocycles. The molecule has 7 heteroatoms. The summed E-state index contributed by atoms with van der Waals surface area (Å²) in [5, 5.41) is 19.4. The molecule has 122 valence electrons. The summed E-state index contributed by atoms with van der Waals surface area (Å²) in [6.45, 7) is 3.92. The second-order valence-electron chi connectivity index (χ2n) is 5.39. The van der Waals surface area contributed by atoms with Crippen LogP contribution in [0.3, 0.4) is 0 Å². The van der Waals surface area contributed by atoms with Crippen molar-refractivity contribution >= 4 is 11.9 Å². The SMILES string of the molecule is CCCCC(NC(=O)c1cn(-c2cccc(C)c2)nn1)C(=O)O. The lowest BCUT2D eigenvalue weighted by molar-refractivity contribution is -0.139. The smallest absolute Gasteiger partial charge is 0.326 e. The number of unbranched alkanes of at least 4 members (excludes halogenated alkanes) is 1. The third kappa shape index (κ3) is 4.38. The van der Waals surface area contributed by atoms with Crippen molar-refractivity contribution in [3.05, 3.63) is 41.7 Å². The molecule has 0 aliphatic rings. The number of hydrogen-bond donors (Lipinski definition) is 2. The van der Waals surface area contributed by atoms with E-state index in [9.17, 15) is 9.59 Å². The van der Waals surface area contributed by atoms with E-state index in [1.165, 1.54) is 10.9 Å². The molecular weight excluding hydrogens is 296 g/mol. The van der Waals surface area contributed by atoms with Crippen LogP contribution in [-0.4, -0.2) is 38.0 Å². The summed E-state index contributed by atoms with van der Waals surface area (Å²) in [6, 6.07) is 6.70. The van der Waals surface area contributed by atoms with Gasteiger partial charge in [0.15, 0.2) is 5.69 Å². The van der Waals surface area contributed by atoms with Crippen molar-refractivity contribution in [3.8, 4) is 5.69 Å². The van der Waals surface area contributed by atoms with Crippen LogP contribution in [0.4, 0.5) is 0 Å². The van der Waals surface area contributed by atoms with Gasteiger partial charge in [-0.2, -0.15) is 0 Å². The van der Waals surface area contributed by atoms with Crippen LogP contribution in [0.2, 0.25) is 0 Å². The maximum Gasteiger partial charge on any atom is 0.326 e. The van der Waals surface area contributed by atoms with Gasteiger partial charge < -0.3 is 10.4 Å². The number of carbonyl (C=O) groups is 2. The lowest BCUT2D eigenvalue weighted by atomic mass is 10.1. The standard InChI is InChI=1S/C16H20N4O3/c1-3-4-8-13(16(22)23)17-15(21)14-10-20(19-18-14)12-7-5-6-11(2)9-12/h5-7,9-10,13H,3-4,8H2,1-2H3,(H,17,21)(H,22,23). The van der Waals surface area contributed by atoms with Crippen LogP contribution < -0.4 is 5.32 Å². The monoisotopic (exact) mass is 316 g/mol. The van der Waals surface area contributed by atoms with Crippen molar-refractivity contribution in [3.63, 3.8) is 0 Å². The number of rotatable bonds is 7. The van der Waals surface area contributed by atoms with Crippen LogP contribution >= 0.6 is 0 Å². The summed E-state index contributed by atoms with van der Waals surface area (Å²) in [5.41, 5.74) is 1.95. The number of carbonyl (C=O) groups excluding carboxylic acids is 1. The Morgan fingerprint density at radius 2 is 2.17 bits per heavy atom. The van der Waals surface area contributed by atoms with Crippen molar-refractivity contribution in [2.24, 2.45) is 0 Å². The molecule has 1 aromatic heterocycles. The van der Waals surface area contributed by atoms with Crippen molar-refractivity contribution < 1.29 is 14.7 Å². The van der Waals surface area contributed by atoms with Crippen LogP contribution in [0.1, 0.15) is 42.2 Å². The molecule has 2 rings (SSSR count). The molecule has 1 aromatic carbocycles. The van der Waals surface area contributed by atoms with E-state index < -0.39 is 17.9 Å². The maximum absolute atomic E-state index is 12.1. The first-order valence-corrected chi connectivity index (χ1v) is 7.54. The summed E-state index contributed by atoms with van der Waals surface area (Å²) >= 11 is 0. The fraction of sp³-hybridized carbons (Fsp3) is 0.375. The van der Waals surface area contributed by atoms with Gasteiger partial charge in [-0.15, -0.1) is 5.10 Å². The molecule has 1 amide bonds. The normalized spacial score (nSPS) is 11.9. The summed E-state index contributed by atoms with van der Waals surface area (Å²) < 4.78 is 1.49. The molecule has 2 N–H and O–H groups in total. The summed E-state index contributed by atoms with van der Waals surface area (Å²) in [4.78, 5) is 23.3. The van der Waals surface area contributed by atoms with Gasteiger partial charge in [0.2, 0.25) is 0 Å². The third-order valence-corrected chi connectivity index (χ3v) is 3.44. The third-order valence-electron chi connectivity index (χ3n) is 3.44. The summed E-state index contributed by atoms with van der Waals surface area (Å²) in [5.74, 6) is -1.58. The first kappa shape index (κ1) is 16.7. The Morgan fingerprint density at radius 1 is 1.39 bits per heavy atom. The molecule has 1 heterocycles. The number of aryl methyl sites for hydroxylation is 1. The minimum atomic E-state index is -1.04. The Hall–Kier alpha value is -2.70. The number of carboxylic acid groups (broad SMARTS) is 1. The van der Waals surface area contributed by atoms with Gasteiger partial charge in [0, 0.05) is 0 Å². The molecule has 0 radical (unpaired) electrons. The molecule has 7 nitrogen and oxygen atoms in total. The zero-order valence-electron chi connectivity index (χ0n) is 13.2. The maximum atomic E-state index is 12.1. The van der Waals surface area contributed by atoms with Crippen LogP contribution in [0.5, 0.6) is 0 Å². The van der Waals surface area contributed by atoms with Crippen molar-refractivity contribution in [1.82, 2.24) is 20.3 Å². The predicted octanol–water partition coefficient (Wildman–Crippen LogP) is 1.95.